The summed E-state index contributed by atoms with van der Waals surface area (Å²) in [6.45, 7) is 0. The second kappa shape index (κ2) is 7.18. The van der Waals surface area contributed by atoms with Crippen LogP contribution in [0.1, 0.15) is 34.1 Å². The topological polar surface area (TPSA) is 58.7 Å². The Hall–Kier alpha value is -3.44. The van der Waals surface area contributed by atoms with E-state index in [0.717, 1.165) is 27.7 Å². The van der Waals surface area contributed by atoms with Gasteiger partial charge in [0, 0.05) is 17.4 Å². The molecule has 0 spiro atoms. The zero-order valence-corrected chi connectivity index (χ0v) is 16.1. The van der Waals surface area contributed by atoms with Crippen LogP contribution >= 0.6 is 11.6 Å². The summed E-state index contributed by atoms with van der Waals surface area (Å²) >= 11 is 6.55. The van der Waals surface area contributed by atoms with Gasteiger partial charge in [-0.15, -0.1) is 0 Å². The minimum absolute atomic E-state index is 0.234. The molecule has 0 saturated heterocycles. The van der Waals surface area contributed by atoms with Crippen molar-refractivity contribution in [2.75, 3.05) is 0 Å². The molecule has 1 atom stereocenters. The molecule has 0 fully saturated rings. The maximum absolute atomic E-state index is 13.1. The largest absolute Gasteiger partial charge is 0.459 e. The van der Waals surface area contributed by atoms with Crippen molar-refractivity contribution in [3.05, 3.63) is 101 Å². The van der Waals surface area contributed by atoms with Crippen molar-refractivity contribution in [3.63, 3.8) is 0 Å². The molecule has 1 aliphatic heterocycles. The fraction of sp³-hybridized carbons (Fsp3) is 0.0870. The highest BCUT2D eigenvalue weighted by Gasteiger charge is 2.36. The molecular weight excluding hydrogens is 386 g/mol. The number of nitrogens with zero attached hydrogens (tertiary/aromatic N) is 3. The monoisotopic (exact) mass is 401 g/mol. The van der Waals surface area contributed by atoms with E-state index in [1.54, 1.807) is 12.1 Å². The Morgan fingerprint density at radius 3 is 2.62 bits per heavy atom. The molecule has 4 aromatic rings. The smallest absolute Gasteiger partial charge is 0.310 e. The van der Waals surface area contributed by atoms with Crippen LogP contribution in [0.25, 0.3) is 10.9 Å². The highest BCUT2D eigenvalue weighted by Crippen LogP contribution is 2.38. The van der Waals surface area contributed by atoms with Crippen LogP contribution in [0, 0.1) is 0 Å². The molecule has 5 rings (SSSR count). The molecule has 0 bridgehead atoms. The number of para-hydroxylation sites is 1. The average molecular weight is 402 g/mol. The summed E-state index contributed by atoms with van der Waals surface area (Å²) in [4.78, 5) is 17.6. The fourth-order valence-electron chi connectivity index (χ4n) is 3.60. The van der Waals surface area contributed by atoms with Crippen molar-refractivity contribution < 1.29 is 9.21 Å². The predicted octanol–water partition coefficient (Wildman–Crippen LogP) is 5.47. The van der Waals surface area contributed by atoms with Gasteiger partial charge in [-0.2, -0.15) is 5.10 Å². The first-order valence-corrected chi connectivity index (χ1v) is 9.63. The summed E-state index contributed by atoms with van der Waals surface area (Å²) in [6.07, 6.45) is 2.01. The number of furan rings is 1. The molecule has 29 heavy (non-hydrogen) atoms. The van der Waals surface area contributed by atoms with Gasteiger partial charge in [0.1, 0.15) is 5.15 Å². The van der Waals surface area contributed by atoms with Crippen LogP contribution in [0.4, 0.5) is 0 Å². The van der Waals surface area contributed by atoms with Gasteiger partial charge in [0.05, 0.1) is 23.5 Å². The van der Waals surface area contributed by atoms with E-state index in [9.17, 15) is 4.79 Å². The Morgan fingerprint density at radius 1 is 1.03 bits per heavy atom. The molecule has 1 unspecified atom stereocenters. The highest BCUT2D eigenvalue weighted by atomic mass is 35.5. The Labute approximate surface area is 172 Å². The first kappa shape index (κ1) is 17.6. The molecule has 1 aliphatic rings. The molecule has 3 heterocycles. The summed E-state index contributed by atoms with van der Waals surface area (Å²) < 4.78 is 5.32. The zero-order valence-electron chi connectivity index (χ0n) is 15.3. The lowest BCUT2D eigenvalue weighted by Gasteiger charge is -2.22. The van der Waals surface area contributed by atoms with Gasteiger partial charge in [0.2, 0.25) is 0 Å². The van der Waals surface area contributed by atoms with Crippen molar-refractivity contribution in [3.8, 4) is 0 Å². The Bertz CT molecular complexity index is 1220. The number of halogens is 1. The van der Waals surface area contributed by atoms with E-state index in [0.29, 0.717) is 11.6 Å². The third kappa shape index (κ3) is 3.19. The summed E-state index contributed by atoms with van der Waals surface area (Å²) in [6, 6.07) is 22.5. The number of benzene rings is 2. The number of carbonyl (C=O) groups is 1. The van der Waals surface area contributed by atoms with Gasteiger partial charge < -0.3 is 4.42 Å². The van der Waals surface area contributed by atoms with E-state index in [2.05, 4.69) is 10.1 Å². The van der Waals surface area contributed by atoms with Gasteiger partial charge in [-0.3, -0.25) is 4.79 Å². The minimum Gasteiger partial charge on any atom is -0.459 e. The van der Waals surface area contributed by atoms with E-state index in [1.165, 1.54) is 11.3 Å². The number of hydrogen-bond acceptors (Lipinski definition) is 4. The van der Waals surface area contributed by atoms with Gasteiger partial charge >= 0.3 is 5.91 Å². The quantitative estimate of drug-likeness (QED) is 0.427. The maximum atomic E-state index is 13.1. The fourth-order valence-corrected chi connectivity index (χ4v) is 3.87. The third-order valence-corrected chi connectivity index (χ3v) is 5.32. The summed E-state index contributed by atoms with van der Waals surface area (Å²) in [7, 11) is 0. The molecule has 5 nitrogen and oxygen atoms in total. The van der Waals surface area contributed by atoms with E-state index in [4.69, 9.17) is 16.0 Å². The molecule has 0 radical (unpaired) electrons. The van der Waals surface area contributed by atoms with Crippen LogP contribution in [0.15, 0.2) is 88.6 Å². The third-order valence-electron chi connectivity index (χ3n) is 5.02. The first-order valence-electron chi connectivity index (χ1n) is 9.26. The number of pyridine rings is 1. The number of amides is 1. The molecule has 0 saturated carbocycles. The number of rotatable bonds is 3. The molecule has 2 aromatic heterocycles. The molecule has 0 N–H and O–H groups in total. The zero-order chi connectivity index (χ0) is 19.8. The molecular formula is C23H16ClN3O2. The summed E-state index contributed by atoms with van der Waals surface area (Å²) in [5.74, 6) is -0.0758. The van der Waals surface area contributed by atoms with E-state index in [-0.39, 0.29) is 17.7 Å². The number of hydrazone groups is 1. The number of hydrogen-bond donors (Lipinski definition) is 0. The van der Waals surface area contributed by atoms with Crippen LogP contribution in [0.2, 0.25) is 5.15 Å². The van der Waals surface area contributed by atoms with E-state index >= 15 is 0 Å². The van der Waals surface area contributed by atoms with Crippen LogP contribution < -0.4 is 0 Å². The van der Waals surface area contributed by atoms with Gasteiger partial charge in [-0.05, 0) is 29.8 Å². The highest BCUT2D eigenvalue weighted by molar-refractivity contribution is 6.30. The van der Waals surface area contributed by atoms with Crippen LogP contribution in [-0.2, 0) is 0 Å². The second-order valence-corrected chi connectivity index (χ2v) is 7.18. The lowest BCUT2D eigenvalue weighted by Crippen LogP contribution is -2.27. The summed E-state index contributed by atoms with van der Waals surface area (Å²) in [5, 5.41) is 7.44. The Morgan fingerprint density at radius 2 is 1.83 bits per heavy atom. The molecule has 1 amide bonds. The van der Waals surface area contributed by atoms with Crippen molar-refractivity contribution in [1.82, 2.24) is 9.99 Å². The van der Waals surface area contributed by atoms with Gasteiger partial charge in [-0.1, -0.05) is 60.1 Å². The lowest BCUT2D eigenvalue weighted by atomic mass is 9.98. The normalized spacial score (nSPS) is 16.2. The van der Waals surface area contributed by atoms with Gasteiger partial charge in [0.25, 0.3) is 0 Å². The molecule has 0 aliphatic carbocycles. The number of carbonyl (C=O) groups excluding carboxylic acids is 1. The van der Waals surface area contributed by atoms with E-state index in [1.807, 2.05) is 60.7 Å². The minimum atomic E-state index is -0.368. The molecule has 6 heteroatoms. The summed E-state index contributed by atoms with van der Waals surface area (Å²) in [5.41, 5.74) is 3.36. The van der Waals surface area contributed by atoms with Crippen molar-refractivity contribution in [2.24, 2.45) is 5.10 Å². The van der Waals surface area contributed by atoms with Crippen molar-refractivity contribution in [2.45, 2.75) is 12.5 Å². The number of fused-ring (bicyclic) bond motifs is 1. The average Bonchev–Trinajstić information content (AvgIpc) is 3.44. The Kier molecular flexibility index (Phi) is 4.37. The predicted molar refractivity (Wildman–Crippen MR) is 112 cm³/mol. The first-order chi connectivity index (χ1) is 14.2. The second-order valence-electron chi connectivity index (χ2n) is 6.82. The standard InChI is InChI=1S/C23H16ClN3O2/c24-22-17(13-16-9-4-5-10-18(16)25-22)20-14-19(15-7-2-1-3-8-15)26-27(20)23(28)21-11-6-12-29-21/h1-13,20H,14H2. The van der Waals surface area contributed by atoms with Crippen molar-refractivity contribution >= 4 is 34.1 Å². The molecule has 2 aromatic carbocycles. The van der Waals surface area contributed by atoms with Gasteiger partial charge in [-0.25, -0.2) is 9.99 Å². The lowest BCUT2D eigenvalue weighted by molar-refractivity contribution is 0.0678. The van der Waals surface area contributed by atoms with Crippen LogP contribution in [0.5, 0.6) is 0 Å². The van der Waals surface area contributed by atoms with Gasteiger partial charge in [0.15, 0.2) is 5.76 Å². The Balaban J connectivity index is 1.61. The number of aromatic nitrogens is 1. The van der Waals surface area contributed by atoms with Crippen molar-refractivity contribution in [1.29, 1.82) is 0 Å². The maximum Gasteiger partial charge on any atom is 0.310 e. The van der Waals surface area contributed by atoms with Crippen LogP contribution in [0.3, 0.4) is 0 Å². The van der Waals surface area contributed by atoms with E-state index < -0.39 is 0 Å². The van der Waals surface area contributed by atoms with Crippen LogP contribution in [-0.4, -0.2) is 21.6 Å². The molecule has 142 valence electrons. The SMILES string of the molecule is O=C(c1ccco1)N1N=C(c2ccccc2)CC1c1cc2ccccc2nc1Cl.